The Balaban J connectivity index is 0.00000192. The molecule has 0 aromatic heterocycles. The Morgan fingerprint density at radius 3 is 3.00 bits per heavy atom. The van der Waals surface area contributed by atoms with Gasteiger partial charge in [0.2, 0.25) is 0 Å². The predicted molar refractivity (Wildman–Crippen MR) is 101 cm³/mol. The standard InChI is InChI=1S/C16H29N3O3.HI/c1-17-15(18-6-10-20-11-14-3-2-8-22-14)19-7-4-16(12-19)5-9-21-13-16;/h14H,2-13H2,1H3,(H,17,18);1H. The lowest BCUT2D eigenvalue weighted by atomic mass is 9.87. The summed E-state index contributed by atoms with van der Waals surface area (Å²) in [4.78, 5) is 6.77. The number of likely N-dealkylation sites (tertiary alicyclic amines) is 1. The van der Waals surface area contributed by atoms with Crippen LogP contribution in [0.15, 0.2) is 4.99 Å². The van der Waals surface area contributed by atoms with Crippen molar-refractivity contribution in [2.24, 2.45) is 10.4 Å². The summed E-state index contributed by atoms with van der Waals surface area (Å²) in [7, 11) is 1.85. The molecule has 1 spiro atoms. The quantitative estimate of drug-likeness (QED) is 0.305. The van der Waals surface area contributed by atoms with E-state index < -0.39 is 0 Å². The number of nitrogens with one attached hydrogen (secondary N) is 1. The molecule has 2 atom stereocenters. The molecule has 0 bridgehead atoms. The van der Waals surface area contributed by atoms with Gasteiger partial charge >= 0.3 is 0 Å². The largest absolute Gasteiger partial charge is 0.381 e. The fourth-order valence-corrected chi connectivity index (χ4v) is 3.65. The SMILES string of the molecule is CN=C(NCCOCC1CCCO1)N1CCC2(CCOC2)C1.I. The van der Waals surface area contributed by atoms with Gasteiger partial charge in [0.05, 0.1) is 25.9 Å². The normalized spacial score (nSPS) is 30.9. The van der Waals surface area contributed by atoms with Gasteiger partial charge in [-0.15, -0.1) is 24.0 Å². The summed E-state index contributed by atoms with van der Waals surface area (Å²) >= 11 is 0. The first kappa shape index (κ1) is 19.2. The second kappa shape index (κ2) is 9.39. The topological polar surface area (TPSA) is 55.3 Å². The monoisotopic (exact) mass is 439 g/mol. The van der Waals surface area contributed by atoms with Gasteiger partial charge in [0, 0.05) is 45.3 Å². The zero-order valence-corrected chi connectivity index (χ0v) is 16.4. The maximum atomic E-state index is 5.69. The first-order chi connectivity index (χ1) is 10.8. The fraction of sp³-hybridized carbons (Fsp3) is 0.938. The van der Waals surface area contributed by atoms with Gasteiger partial charge < -0.3 is 24.4 Å². The Morgan fingerprint density at radius 2 is 2.30 bits per heavy atom. The fourth-order valence-electron chi connectivity index (χ4n) is 3.65. The van der Waals surface area contributed by atoms with Gasteiger partial charge in [0.25, 0.3) is 0 Å². The van der Waals surface area contributed by atoms with E-state index in [2.05, 4.69) is 15.2 Å². The van der Waals surface area contributed by atoms with Crippen molar-refractivity contribution < 1.29 is 14.2 Å². The Hall–Kier alpha value is -0.120. The number of aliphatic imine (C=N–C) groups is 1. The van der Waals surface area contributed by atoms with E-state index in [1.54, 1.807) is 0 Å². The Morgan fingerprint density at radius 1 is 1.39 bits per heavy atom. The highest BCUT2D eigenvalue weighted by Gasteiger charge is 2.42. The second-order valence-electron chi connectivity index (χ2n) is 6.66. The van der Waals surface area contributed by atoms with Crippen molar-refractivity contribution in [3.05, 3.63) is 0 Å². The van der Waals surface area contributed by atoms with Gasteiger partial charge in [0.15, 0.2) is 5.96 Å². The third-order valence-electron chi connectivity index (χ3n) is 4.99. The summed E-state index contributed by atoms with van der Waals surface area (Å²) in [5, 5.41) is 3.41. The maximum absolute atomic E-state index is 5.69. The lowest BCUT2D eigenvalue weighted by molar-refractivity contribution is 0.0190. The second-order valence-corrected chi connectivity index (χ2v) is 6.66. The number of guanidine groups is 1. The molecule has 3 heterocycles. The molecule has 0 amide bonds. The molecule has 0 saturated carbocycles. The van der Waals surface area contributed by atoms with Crippen molar-refractivity contribution in [1.82, 2.24) is 10.2 Å². The highest BCUT2D eigenvalue weighted by atomic mass is 127. The first-order valence-electron chi connectivity index (χ1n) is 8.54. The molecule has 23 heavy (non-hydrogen) atoms. The molecular weight excluding hydrogens is 409 g/mol. The van der Waals surface area contributed by atoms with Gasteiger partial charge in [-0.05, 0) is 25.7 Å². The van der Waals surface area contributed by atoms with Crippen LogP contribution >= 0.6 is 24.0 Å². The van der Waals surface area contributed by atoms with Gasteiger partial charge in [-0.3, -0.25) is 4.99 Å². The minimum Gasteiger partial charge on any atom is -0.381 e. The zero-order valence-electron chi connectivity index (χ0n) is 14.1. The number of rotatable bonds is 5. The van der Waals surface area contributed by atoms with Crippen LogP contribution in [0.4, 0.5) is 0 Å². The lowest BCUT2D eigenvalue weighted by Gasteiger charge is -2.25. The van der Waals surface area contributed by atoms with Crippen molar-refractivity contribution >= 4 is 29.9 Å². The van der Waals surface area contributed by atoms with Crippen LogP contribution in [-0.2, 0) is 14.2 Å². The summed E-state index contributed by atoms with van der Waals surface area (Å²) in [6.45, 7) is 7.04. The minimum atomic E-state index is 0. The van der Waals surface area contributed by atoms with E-state index in [0.717, 1.165) is 51.8 Å². The Labute approximate surface area is 156 Å². The van der Waals surface area contributed by atoms with Crippen molar-refractivity contribution in [1.29, 1.82) is 0 Å². The summed E-state index contributed by atoms with van der Waals surface area (Å²) < 4.78 is 16.8. The van der Waals surface area contributed by atoms with E-state index in [1.807, 2.05) is 7.05 Å². The Kier molecular flexibility index (Phi) is 7.84. The number of nitrogens with zero attached hydrogens (tertiary/aromatic N) is 2. The number of hydrogen-bond acceptors (Lipinski definition) is 4. The van der Waals surface area contributed by atoms with E-state index >= 15 is 0 Å². The first-order valence-corrected chi connectivity index (χ1v) is 8.54. The van der Waals surface area contributed by atoms with Crippen molar-refractivity contribution in [3.8, 4) is 0 Å². The minimum absolute atomic E-state index is 0. The molecule has 2 unspecified atom stereocenters. The molecule has 0 aliphatic carbocycles. The predicted octanol–water partition coefficient (Wildman–Crippen LogP) is 1.49. The molecule has 0 aromatic rings. The molecule has 6 nitrogen and oxygen atoms in total. The van der Waals surface area contributed by atoms with Crippen molar-refractivity contribution in [2.75, 3.05) is 59.7 Å². The van der Waals surface area contributed by atoms with E-state index in [9.17, 15) is 0 Å². The van der Waals surface area contributed by atoms with Gasteiger partial charge in [-0.2, -0.15) is 0 Å². The zero-order chi connectivity index (χ0) is 15.3. The summed E-state index contributed by atoms with van der Waals surface area (Å²) in [6.07, 6.45) is 5.00. The van der Waals surface area contributed by atoms with Gasteiger partial charge in [-0.25, -0.2) is 0 Å². The summed E-state index contributed by atoms with van der Waals surface area (Å²) in [5.74, 6) is 0.990. The van der Waals surface area contributed by atoms with E-state index in [1.165, 1.54) is 19.3 Å². The molecule has 3 rings (SSSR count). The number of hydrogen-bond donors (Lipinski definition) is 1. The van der Waals surface area contributed by atoms with Crippen molar-refractivity contribution in [3.63, 3.8) is 0 Å². The molecule has 7 heteroatoms. The Bertz CT molecular complexity index is 383. The highest BCUT2D eigenvalue weighted by Crippen LogP contribution is 2.38. The molecule has 0 radical (unpaired) electrons. The molecule has 1 N–H and O–H groups in total. The van der Waals surface area contributed by atoms with Crippen LogP contribution in [0.25, 0.3) is 0 Å². The van der Waals surface area contributed by atoms with E-state index in [4.69, 9.17) is 14.2 Å². The van der Waals surface area contributed by atoms with Crippen LogP contribution in [-0.4, -0.2) is 76.7 Å². The number of ether oxygens (including phenoxy) is 3. The number of halogens is 1. The molecule has 134 valence electrons. The average molecular weight is 439 g/mol. The molecular formula is C16H30IN3O3. The highest BCUT2D eigenvalue weighted by molar-refractivity contribution is 14.0. The van der Waals surface area contributed by atoms with Crippen LogP contribution in [0, 0.1) is 5.41 Å². The van der Waals surface area contributed by atoms with Crippen LogP contribution < -0.4 is 5.32 Å². The summed E-state index contributed by atoms with van der Waals surface area (Å²) in [6, 6.07) is 0. The molecule has 3 fully saturated rings. The lowest BCUT2D eigenvalue weighted by Crippen LogP contribution is -2.42. The van der Waals surface area contributed by atoms with Crippen molar-refractivity contribution in [2.45, 2.75) is 31.8 Å². The van der Waals surface area contributed by atoms with Crippen LogP contribution in [0.1, 0.15) is 25.7 Å². The average Bonchev–Trinajstić information content (AvgIpc) is 3.27. The molecule has 0 aromatic carbocycles. The third-order valence-corrected chi connectivity index (χ3v) is 4.99. The van der Waals surface area contributed by atoms with Gasteiger partial charge in [-0.1, -0.05) is 0 Å². The van der Waals surface area contributed by atoms with E-state index in [-0.39, 0.29) is 24.0 Å². The van der Waals surface area contributed by atoms with Crippen LogP contribution in [0.2, 0.25) is 0 Å². The summed E-state index contributed by atoms with van der Waals surface area (Å²) in [5.41, 5.74) is 0.369. The third kappa shape index (κ3) is 5.17. The van der Waals surface area contributed by atoms with Crippen LogP contribution in [0.3, 0.4) is 0 Å². The molecule has 3 aliphatic rings. The van der Waals surface area contributed by atoms with Gasteiger partial charge in [0.1, 0.15) is 0 Å². The van der Waals surface area contributed by atoms with E-state index in [0.29, 0.717) is 24.7 Å². The molecule has 3 saturated heterocycles. The van der Waals surface area contributed by atoms with Crippen LogP contribution in [0.5, 0.6) is 0 Å². The smallest absolute Gasteiger partial charge is 0.193 e. The molecule has 3 aliphatic heterocycles. The maximum Gasteiger partial charge on any atom is 0.193 e.